The molecule has 0 spiro atoms. The average Bonchev–Trinajstić information content (AvgIpc) is 2.61. The van der Waals surface area contributed by atoms with Crippen LogP contribution < -0.4 is 10.6 Å². The Labute approximate surface area is 173 Å². The van der Waals surface area contributed by atoms with Crippen molar-refractivity contribution >= 4 is 27.5 Å². The standard InChI is InChI=1S/C19H36N2O4S2/c1-17(2)7-6-9-21-18(22)8-11-23-12-13-24-14-15-25-19(3,4)27-26-16-10-20-5/h17,20H,8-16H2,1-5H3,(H,21,22). The largest absolute Gasteiger partial charge is 0.379 e. The SMILES string of the molecule is CNCCSSC(C)(C)OCCOCCOCCC(=O)NCC#CC(C)C. The highest BCUT2D eigenvalue weighted by molar-refractivity contribution is 8.77. The first-order valence-corrected chi connectivity index (χ1v) is 11.7. The number of hydrogen-bond acceptors (Lipinski definition) is 7. The van der Waals surface area contributed by atoms with Crippen LogP contribution in [0.1, 0.15) is 34.1 Å². The average molecular weight is 421 g/mol. The molecule has 0 aromatic heterocycles. The number of rotatable bonds is 16. The van der Waals surface area contributed by atoms with Gasteiger partial charge in [-0.2, -0.15) is 0 Å². The summed E-state index contributed by atoms with van der Waals surface area (Å²) >= 11 is 0. The summed E-state index contributed by atoms with van der Waals surface area (Å²) in [4.78, 5) is 11.3. The molecule has 0 saturated carbocycles. The van der Waals surface area contributed by atoms with Gasteiger partial charge in [-0.25, -0.2) is 0 Å². The summed E-state index contributed by atoms with van der Waals surface area (Å²) < 4.78 is 16.7. The normalized spacial score (nSPS) is 11.3. The highest BCUT2D eigenvalue weighted by Gasteiger charge is 2.19. The van der Waals surface area contributed by atoms with E-state index in [-0.39, 0.29) is 10.8 Å². The predicted octanol–water partition coefficient (Wildman–Crippen LogP) is 2.54. The molecule has 0 aliphatic heterocycles. The maximum atomic E-state index is 11.6. The molecule has 0 radical (unpaired) electrons. The van der Waals surface area contributed by atoms with E-state index in [0.717, 1.165) is 12.3 Å². The van der Waals surface area contributed by atoms with Gasteiger partial charge < -0.3 is 24.8 Å². The first-order chi connectivity index (χ1) is 12.9. The van der Waals surface area contributed by atoms with Crippen LogP contribution in [0.2, 0.25) is 0 Å². The molecule has 2 N–H and O–H groups in total. The molecule has 8 heteroatoms. The maximum Gasteiger partial charge on any atom is 0.223 e. The van der Waals surface area contributed by atoms with Gasteiger partial charge in [0.25, 0.3) is 0 Å². The molecule has 0 unspecified atom stereocenters. The molecule has 0 aliphatic rings. The fourth-order valence-electron chi connectivity index (χ4n) is 1.67. The summed E-state index contributed by atoms with van der Waals surface area (Å²) in [6.07, 6.45) is 0.336. The minimum Gasteiger partial charge on any atom is -0.379 e. The van der Waals surface area contributed by atoms with Crippen molar-refractivity contribution in [2.24, 2.45) is 5.92 Å². The first-order valence-electron chi connectivity index (χ1n) is 9.37. The molecule has 0 heterocycles. The summed E-state index contributed by atoms with van der Waals surface area (Å²) in [5.74, 6) is 7.23. The zero-order valence-electron chi connectivity index (χ0n) is 17.4. The van der Waals surface area contributed by atoms with E-state index < -0.39 is 0 Å². The Balaban J connectivity index is 3.44. The van der Waals surface area contributed by atoms with Crippen LogP contribution in [0.25, 0.3) is 0 Å². The lowest BCUT2D eigenvalue weighted by Gasteiger charge is -2.23. The number of amides is 1. The lowest BCUT2D eigenvalue weighted by molar-refractivity contribution is -0.122. The Bertz CT molecular complexity index is 437. The van der Waals surface area contributed by atoms with Gasteiger partial charge in [-0.3, -0.25) is 4.79 Å². The van der Waals surface area contributed by atoms with E-state index in [2.05, 4.69) is 36.3 Å². The van der Waals surface area contributed by atoms with Gasteiger partial charge in [0.2, 0.25) is 5.91 Å². The van der Waals surface area contributed by atoms with Crippen LogP contribution in [0.15, 0.2) is 0 Å². The zero-order valence-corrected chi connectivity index (χ0v) is 19.0. The molecule has 0 aromatic carbocycles. The Kier molecular flexibility index (Phi) is 17.4. The van der Waals surface area contributed by atoms with Crippen LogP contribution >= 0.6 is 21.6 Å². The molecule has 0 rings (SSSR count). The van der Waals surface area contributed by atoms with Crippen LogP contribution in [-0.4, -0.2) is 69.8 Å². The Morgan fingerprint density at radius 3 is 2.44 bits per heavy atom. The summed E-state index contributed by atoms with van der Waals surface area (Å²) in [6.45, 7) is 12.0. The van der Waals surface area contributed by atoms with Crippen molar-refractivity contribution in [3.63, 3.8) is 0 Å². The number of hydrogen-bond donors (Lipinski definition) is 2. The van der Waals surface area contributed by atoms with Gasteiger partial charge in [-0.05, 0) is 20.9 Å². The molecule has 0 saturated heterocycles. The molecular formula is C19H36N2O4S2. The molecule has 0 aromatic rings. The van der Waals surface area contributed by atoms with E-state index >= 15 is 0 Å². The topological polar surface area (TPSA) is 68.8 Å². The van der Waals surface area contributed by atoms with Crippen molar-refractivity contribution in [1.29, 1.82) is 0 Å². The van der Waals surface area contributed by atoms with Gasteiger partial charge in [-0.15, -0.1) is 0 Å². The van der Waals surface area contributed by atoms with Crippen molar-refractivity contribution in [2.45, 2.75) is 39.0 Å². The van der Waals surface area contributed by atoms with E-state index in [4.69, 9.17) is 14.2 Å². The summed E-state index contributed by atoms with van der Waals surface area (Å²) in [5.41, 5.74) is 0. The van der Waals surface area contributed by atoms with Crippen molar-refractivity contribution in [1.82, 2.24) is 10.6 Å². The minimum absolute atomic E-state index is 0.0466. The fraction of sp³-hybridized carbons (Fsp3) is 0.842. The maximum absolute atomic E-state index is 11.6. The molecule has 27 heavy (non-hydrogen) atoms. The third-order valence-corrected chi connectivity index (χ3v) is 6.05. The second kappa shape index (κ2) is 17.7. The fourth-order valence-corrected chi connectivity index (χ4v) is 3.95. The number of carbonyl (C=O) groups is 1. The molecule has 158 valence electrons. The summed E-state index contributed by atoms with van der Waals surface area (Å²) in [5, 5.41) is 5.87. The number of carbonyl (C=O) groups excluding carboxylic acids is 1. The molecule has 0 atom stereocenters. The molecule has 6 nitrogen and oxygen atoms in total. The molecule has 0 fully saturated rings. The molecule has 1 amide bonds. The van der Waals surface area contributed by atoms with Crippen molar-refractivity contribution in [3.8, 4) is 11.8 Å². The smallest absolute Gasteiger partial charge is 0.223 e. The minimum atomic E-state index is -0.231. The van der Waals surface area contributed by atoms with Gasteiger partial charge in [0.1, 0.15) is 4.93 Å². The summed E-state index contributed by atoms with van der Waals surface area (Å²) in [7, 11) is 5.48. The van der Waals surface area contributed by atoms with Crippen molar-refractivity contribution in [2.75, 3.05) is 58.9 Å². The molecule has 0 bridgehead atoms. The van der Waals surface area contributed by atoms with Gasteiger partial charge in [0, 0.05) is 24.6 Å². The van der Waals surface area contributed by atoms with Crippen LogP contribution in [0.3, 0.4) is 0 Å². The highest BCUT2D eigenvalue weighted by atomic mass is 33.1. The Hall–Kier alpha value is -0.430. The zero-order chi connectivity index (χ0) is 20.4. The second-order valence-corrected chi connectivity index (χ2v) is 9.49. The second-order valence-electron chi connectivity index (χ2n) is 6.48. The third-order valence-electron chi connectivity index (χ3n) is 2.98. The lowest BCUT2D eigenvalue weighted by Crippen LogP contribution is -2.25. The van der Waals surface area contributed by atoms with Crippen LogP contribution in [0.5, 0.6) is 0 Å². The van der Waals surface area contributed by atoms with Crippen LogP contribution in [0, 0.1) is 17.8 Å². The third kappa shape index (κ3) is 20.1. The number of ether oxygens (including phenoxy) is 3. The Morgan fingerprint density at radius 1 is 1.11 bits per heavy atom. The van der Waals surface area contributed by atoms with Gasteiger partial charge in [0.15, 0.2) is 0 Å². The van der Waals surface area contributed by atoms with E-state index in [1.54, 1.807) is 21.6 Å². The van der Waals surface area contributed by atoms with E-state index in [0.29, 0.717) is 51.9 Å². The Morgan fingerprint density at radius 2 is 1.78 bits per heavy atom. The molecular weight excluding hydrogens is 384 g/mol. The lowest BCUT2D eigenvalue weighted by atomic mass is 10.2. The summed E-state index contributed by atoms with van der Waals surface area (Å²) in [6, 6.07) is 0. The van der Waals surface area contributed by atoms with Crippen molar-refractivity contribution in [3.05, 3.63) is 0 Å². The predicted molar refractivity (Wildman–Crippen MR) is 116 cm³/mol. The highest BCUT2D eigenvalue weighted by Crippen LogP contribution is 2.35. The van der Waals surface area contributed by atoms with Crippen LogP contribution in [0.4, 0.5) is 0 Å². The molecule has 0 aliphatic carbocycles. The van der Waals surface area contributed by atoms with Crippen LogP contribution in [-0.2, 0) is 19.0 Å². The van der Waals surface area contributed by atoms with Gasteiger partial charge in [-0.1, -0.05) is 47.3 Å². The quantitative estimate of drug-likeness (QED) is 0.172. The van der Waals surface area contributed by atoms with E-state index in [1.807, 2.05) is 20.9 Å². The number of nitrogens with one attached hydrogen (secondary N) is 2. The first kappa shape index (κ1) is 26.6. The van der Waals surface area contributed by atoms with E-state index in [1.165, 1.54) is 0 Å². The monoisotopic (exact) mass is 420 g/mol. The van der Waals surface area contributed by atoms with Crippen molar-refractivity contribution < 1.29 is 19.0 Å². The van der Waals surface area contributed by atoms with E-state index in [9.17, 15) is 4.79 Å². The van der Waals surface area contributed by atoms with Gasteiger partial charge in [0.05, 0.1) is 39.6 Å². The van der Waals surface area contributed by atoms with Gasteiger partial charge >= 0.3 is 0 Å².